The van der Waals surface area contributed by atoms with Crippen molar-refractivity contribution < 1.29 is 14.3 Å². The number of aryl methyl sites for hydroxylation is 1. The van der Waals surface area contributed by atoms with Gasteiger partial charge in [0.2, 0.25) is 0 Å². The number of amides is 1. The minimum atomic E-state index is -0.685. The van der Waals surface area contributed by atoms with Gasteiger partial charge in [0.15, 0.2) is 11.4 Å². The SMILES string of the molecule is Cc1c(Br)ccc2c(OC(=O)c3cccnc3)c(NC(=O)c3cccnc3)c(=O)n(C3CC3)c12. The molecule has 0 saturated heterocycles. The van der Waals surface area contributed by atoms with Crippen molar-refractivity contribution in [2.24, 2.45) is 0 Å². The van der Waals surface area contributed by atoms with Gasteiger partial charge in [-0.1, -0.05) is 15.9 Å². The average Bonchev–Trinajstić information content (AvgIpc) is 3.70. The van der Waals surface area contributed by atoms with Crippen LogP contribution in [0.2, 0.25) is 0 Å². The van der Waals surface area contributed by atoms with Gasteiger partial charge in [-0.15, -0.1) is 0 Å². The molecule has 8 nitrogen and oxygen atoms in total. The number of hydrogen-bond donors (Lipinski definition) is 1. The van der Waals surface area contributed by atoms with Crippen LogP contribution in [0.15, 0.2) is 70.5 Å². The van der Waals surface area contributed by atoms with E-state index in [1.807, 2.05) is 13.0 Å². The number of nitrogens with one attached hydrogen (secondary N) is 1. The Bertz CT molecular complexity index is 1480. The molecule has 1 aliphatic rings. The summed E-state index contributed by atoms with van der Waals surface area (Å²) in [6, 6.07) is 10.0. The Balaban J connectivity index is 1.73. The van der Waals surface area contributed by atoms with Crippen LogP contribution in [-0.2, 0) is 0 Å². The number of nitrogens with zero attached hydrogens (tertiary/aromatic N) is 3. The number of esters is 1. The summed E-state index contributed by atoms with van der Waals surface area (Å²) in [5.74, 6) is -1.21. The summed E-state index contributed by atoms with van der Waals surface area (Å²) in [7, 11) is 0. The second-order valence-electron chi connectivity index (χ2n) is 8.01. The van der Waals surface area contributed by atoms with E-state index in [1.54, 1.807) is 47.3 Å². The molecule has 1 N–H and O–H groups in total. The molecule has 1 aliphatic carbocycles. The zero-order valence-electron chi connectivity index (χ0n) is 18.1. The third-order valence-corrected chi connectivity index (χ3v) is 6.54. The van der Waals surface area contributed by atoms with Gasteiger partial charge in [-0.3, -0.25) is 19.6 Å². The summed E-state index contributed by atoms with van der Waals surface area (Å²) in [6.45, 7) is 1.89. The highest BCUT2D eigenvalue weighted by atomic mass is 79.9. The number of carbonyl (C=O) groups is 2. The van der Waals surface area contributed by atoms with Gasteiger partial charge in [-0.2, -0.15) is 0 Å². The van der Waals surface area contributed by atoms with E-state index < -0.39 is 17.4 Å². The molecule has 0 unspecified atom stereocenters. The van der Waals surface area contributed by atoms with E-state index >= 15 is 0 Å². The lowest BCUT2D eigenvalue weighted by atomic mass is 10.1. The van der Waals surface area contributed by atoms with Crippen LogP contribution in [0.4, 0.5) is 5.69 Å². The third-order valence-electron chi connectivity index (χ3n) is 5.68. The summed E-state index contributed by atoms with van der Waals surface area (Å²) in [5, 5.41) is 3.23. The number of fused-ring (bicyclic) bond motifs is 1. The summed E-state index contributed by atoms with van der Waals surface area (Å²) < 4.78 is 8.29. The molecule has 0 spiro atoms. The molecule has 0 aliphatic heterocycles. The van der Waals surface area contributed by atoms with Gasteiger partial charge in [-0.05, 0) is 61.7 Å². The number of aromatic nitrogens is 3. The second-order valence-corrected chi connectivity index (χ2v) is 8.86. The Hall–Kier alpha value is -3.85. The number of benzene rings is 1. The standard InChI is InChI=1S/C25H19BrN4O4/c1-14-19(26)9-8-18-21(14)30(17-6-7-17)24(32)20(29-23(31)15-4-2-10-27-12-15)22(18)34-25(33)16-5-3-11-28-13-16/h2-5,8-13,17H,6-7H2,1H3,(H,29,31). The molecule has 1 saturated carbocycles. The molecule has 1 fully saturated rings. The summed E-state index contributed by atoms with van der Waals surface area (Å²) in [5.41, 5.74) is 1.48. The van der Waals surface area contributed by atoms with E-state index in [1.165, 1.54) is 12.4 Å². The fourth-order valence-electron chi connectivity index (χ4n) is 3.84. The highest BCUT2D eigenvalue weighted by molar-refractivity contribution is 9.10. The minimum Gasteiger partial charge on any atom is -0.420 e. The molecule has 170 valence electrons. The van der Waals surface area contributed by atoms with Gasteiger partial charge in [0, 0.05) is 40.7 Å². The third kappa shape index (κ3) is 3.99. The molecule has 0 radical (unpaired) electrons. The molecule has 3 heterocycles. The van der Waals surface area contributed by atoms with Crippen LogP contribution >= 0.6 is 15.9 Å². The topological polar surface area (TPSA) is 103 Å². The first-order valence-corrected chi connectivity index (χ1v) is 11.5. The number of pyridine rings is 3. The van der Waals surface area contributed by atoms with Crippen molar-refractivity contribution in [1.29, 1.82) is 0 Å². The smallest absolute Gasteiger partial charge is 0.345 e. The van der Waals surface area contributed by atoms with E-state index in [0.717, 1.165) is 22.9 Å². The number of halogens is 1. The van der Waals surface area contributed by atoms with E-state index in [0.29, 0.717) is 10.9 Å². The van der Waals surface area contributed by atoms with Crippen LogP contribution in [0.1, 0.15) is 45.2 Å². The Labute approximate surface area is 202 Å². The van der Waals surface area contributed by atoms with E-state index in [-0.39, 0.29) is 28.6 Å². The fourth-order valence-corrected chi connectivity index (χ4v) is 4.16. The molecule has 1 amide bonds. The van der Waals surface area contributed by atoms with Crippen LogP contribution in [-0.4, -0.2) is 26.4 Å². The first-order valence-electron chi connectivity index (χ1n) is 10.7. The van der Waals surface area contributed by atoms with E-state index in [2.05, 4.69) is 31.2 Å². The molecule has 9 heteroatoms. The molecule has 5 rings (SSSR count). The first-order chi connectivity index (χ1) is 16.5. The number of anilines is 1. The lowest BCUT2D eigenvalue weighted by Gasteiger charge is -2.20. The van der Waals surface area contributed by atoms with Crippen LogP contribution in [0, 0.1) is 6.92 Å². The first kappa shape index (κ1) is 22.0. The monoisotopic (exact) mass is 518 g/mol. The highest BCUT2D eigenvalue weighted by Gasteiger charge is 2.32. The van der Waals surface area contributed by atoms with Crippen molar-refractivity contribution in [2.75, 3.05) is 5.32 Å². The van der Waals surface area contributed by atoms with Crippen LogP contribution in [0.3, 0.4) is 0 Å². The van der Waals surface area contributed by atoms with Crippen LogP contribution < -0.4 is 15.6 Å². The zero-order chi connectivity index (χ0) is 23.8. The maximum Gasteiger partial charge on any atom is 0.345 e. The van der Waals surface area contributed by atoms with Crippen molar-refractivity contribution in [1.82, 2.24) is 14.5 Å². The van der Waals surface area contributed by atoms with Crippen molar-refractivity contribution >= 4 is 44.4 Å². The Morgan fingerprint density at radius 1 is 1.06 bits per heavy atom. The number of carbonyl (C=O) groups excluding carboxylic acids is 2. The van der Waals surface area contributed by atoms with Crippen molar-refractivity contribution in [3.8, 4) is 5.75 Å². The highest BCUT2D eigenvalue weighted by Crippen LogP contribution is 2.42. The Morgan fingerprint density at radius 3 is 2.35 bits per heavy atom. The minimum absolute atomic E-state index is 0.00130. The van der Waals surface area contributed by atoms with Crippen LogP contribution in [0.5, 0.6) is 5.75 Å². The number of hydrogen-bond acceptors (Lipinski definition) is 6. The predicted molar refractivity (Wildman–Crippen MR) is 130 cm³/mol. The molecule has 4 aromatic rings. The molecular weight excluding hydrogens is 500 g/mol. The average molecular weight is 519 g/mol. The molecular formula is C25H19BrN4O4. The number of ether oxygens (including phenoxy) is 1. The Morgan fingerprint density at radius 2 is 1.74 bits per heavy atom. The lowest BCUT2D eigenvalue weighted by Crippen LogP contribution is -2.28. The largest absolute Gasteiger partial charge is 0.420 e. The lowest BCUT2D eigenvalue weighted by molar-refractivity contribution is 0.0736. The van der Waals surface area contributed by atoms with Crippen molar-refractivity contribution in [3.63, 3.8) is 0 Å². The van der Waals surface area contributed by atoms with E-state index in [9.17, 15) is 14.4 Å². The summed E-state index contributed by atoms with van der Waals surface area (Å²) in [4.78, 5) is 47.6. The second kappa shape index (κ2) is 8.83. The van der Waals surface area contributed by atoms with Crippen LogP contribution in [0.25, 0.3) is 10.9 Å². The zero-order valence-corrected chi connectivity index (χ0v) is 19.7. The molecule has 1 aromatic carbocycles. The van der Waals surface area contributed by atoms with Crippen molar-refractivity contribution in [2.45, 2.75) is 25.8 Å². The summed E-state index contributed by atoms with van der Waals surface area (Å²) in [6.07, 6.45) is 7.58. The van der Waals surface area contributed by atoms with Gasteiger partial charge >= 0.3 is 5.97 Å². The molecule has 0 bridgehead atoms. The predicted octanol–water partition coefficient (Wildman–Crippen LogP) is 4.67. The molecule has 0 atom stereocenters. The normalized spacial score (nSPS) is 13.0. The summed E-state index contributed by atoms with van der Waals surface area (Å²) >= 11 is 3.54. The quantitative estimate of drug-likeness (QED) is 0.385. The van der Waals surface area contributed by atoms with Gasteiger partial charge in [0.05, 0.1) is 16.6 Å². The molecule has 3 aromatic heterocycles. The van der Waals surface area contributed by atoms with Gasteiger partial charge in [0.1, 0.15) is 0 Å². The molecule has 34 heavy (non-hydrogen) atoms. The Kier molecular flexibility index (Phi) is 5.70. The van der Waals surface area contributed by atoms with Crippen molar-refractivity contribution in [3.05, 3.63) is 92.7 Å². The number of rotatable bonds is 5. The van der Waals surface area contributed by atoms with Gasteiger partial charge in [-0.25, -0.2) is 4.79 Å². The van der Waals surface area contributed by atoms with Gasteiger partial charge < -0.3 is 14.6 Å². The fraction of sp³-hybridized carbons (Fsp3) is 0.160. The van der Waals surface area contributed by atoms with E-state index in [4.69, 9.17) is 4.74 Å². The maximum atomic E-state index is 13.7. The maximum absolute atomic E-state index is 13.7. The van der Waals surface area contributed by atoms with Gasteiger partial charge in [0.25, 0.3) is 11.5 Å².